The molecule has 1 aliphatic rings. The third kappa shape index (κ3) is 4.89. The van der Waals surface area contributed by atoms with Gasteiger partial charge in [-0.25, -0.2) is 26.3 Å². The zero-order chi connectivity index (χ0) is 18.6. The Bertz CT molecular complexity index is 974. The summed E-state index contributed by atoms with van der Waals surface area (Å²) >= 11 is 0. The topological polar surface area (TPSA) is 104 Å². The van der Waals surface area contributed by atoms with Crippen LogP contribution in [0.25, 0.3) is 0 Å². The van der Waals surface area contributed by atoms with E-state index in [1.54, 1.807) is 18.2 Å². The van der Waals surface area contributed by atoms with Crippen LogP contribution in [-0.4, -0.2) is 29.1 Å². The van der Waals surface area contributed by atoms with Crippen LogP contribution in [0, 0.1) is 0 Å². The van der Waals surface area contributed by atoms with Crippen molar-refractivity contribution in [1.29, 1.82) is 0 Å². The Morgan fingerprint density at radius 2 is 1.62 bits per heavy atom. The van der Waals surface area contributed by atoms with Crippen LogP contribution in [0.3, 0.4) is 0 Å². The van der Waals surface area contributed by atoms with Gasteiger partial charge in [-0.15, -0.1) is 0 Å². The molecule has 1 heterocycles. The Labute approximate surface area is 153 Å². The molecule has 140 valence electrons. The molecule has 9 heteroatoms. The van der Waals surface area contributed by atoms with Crippen LogP contribution in [0.2, 0.25) is 0 Å². The van der Waals surface area contributed by atoms with Crippen molar-refractivity contribution in [2.24, 2.45) is 0 Å². The molecule has 0 aliphatic carbocycles. The summed E-state index contributed by atoms with van der Waals surface area (Å²) in [5, 5.41) is 3.24. The summed E-state index contributed by atoms with van der Waals surface area (Å²) in [5.74, 6) is -0.328. The highest BCUT2D eigenvalue weighted by Gasteiger charge is 2.16. The summed E-state index contributed by atoms with van der Waals surface area (Å²) in [7, 11) is -7.30. The molecule has 0 radical (unpaired) electrons. The number of nitrogens with one attached hydrogen (secondary N) is 3. The van der Waals surface area contributed by atoms with Crippen LogP contribution in [-0.2, 0) is 39.7 Å². The second kappa shape index (κ2) is 7.85. The van der Waals surface area contributed by atoms with E-state index in [9.17, 15) is 16.8 Å². The fraction of sp³-hybridized carbons (Fsp3) is 0.294. The van der Waals surface area contributed by atoms with Crippen molar-refractivity contribution >= 4 is 20.0 Å². The van der Waals surface area contributed by atoms with E-state index in [2.05, 4.69) is 14.8 Å². The van der Waals surface area contributed by atoms with Gasteiger partial charge in [0.25, 0.3) is 0 Å². The predicted octanol–water partition coefficient (Wildman–Crippen LogP) is 0.688. The molecular formula is C17H21N3O4S2. The molecule has 0 atom stereocenters. The van der Waals surface area contributed by atoms with Gasteiger partial charge in [0.05, 0.1) is 10.6 Å². The molecule has 0 fully saturated rings. The van der Waals surface area contributed by atoms with Crippen molar-refractivity contribution in [2.45, 2.75) is 24.5 Å². The van der Waals surface area contributed by atoms with E-state index in [4.69, 9.17) is 0 Å². The molecule has 2 aromatic rings. The number of hydrogen-bond donors (Lipinski definition) is 3. The van der Waals surface area contributed by atoms with E-state index < -0.39 is 20.0 Å². The third-order valence-electron chi connectivity index (χ3n) is 4.11. The molecule has 2 aromatic carbocycles. The first kappa shape index (κ1) is 19.0. The van der Waals surface area contributed by atoms with Crippen LogP contribution < -0.4 is 14.8 Å². The molecular weight excluding hydrogens is 374 g/mol. The average molecular weight is 396 g/mol. The fourth-order valence-corrected chi connectivity index (χ4v) is 4.80. The van der Waals surface area contributed by atoms with Crippen LogP contribution >= 0.6 is 0 Å². The van der Waals surface area contributed by atoms with Crippen molar-refractivity contribution in [2.75, 3.05) is 12.3 Å². The van der Waals surface area contributed by atoms with Gasteiger partial charge in [0, 0.05) is 26.2 Å². The van der Waals surface area contributed by atoms with Crippen molar-refractivity contribution in [1.82, 2.24) is 14.8 Å². The first-order chi connectivity index (χ1) is 12.4. The van der Waals surface area contributed by atoms with E-state index in [1.165, 1.54) is 23.3 Å². The molecule has 26 heavy (non-hydrogen) atoms. The van der Waals surface area contributed by atoms with Gasteiger partial charge in [0.1, 0.15) is 0 Å². The maximum absolute atomic E-state index is 12.1. The van der Waals surface area contributed by atoms with Crippen molar-refractivity contribution in [3.05, 3.63) is 65.2 Å². The van der Waals surface area contributed by atoms with E-state index in [0.717, 1.165) is 18.7 Å². The molecule has 0 aromatic heterocycles. The largest absolute Gasteiger partial charge is 0.309 e. The Kier molecular flexibility index (Phi) is 5.73. The first-order valence-electron chi connectivity index (χ1n) is 8.19. The maximum Gasteiger partial charge on any atom is 0.240 e. The lowest BCUT2D eigenvalue weighted by atomic mass is 10.1. The summed E-state index contributed by atoms with van der Waals surface area (Å²) in [5.41, 5.74) is 3.28. The maximum atomic E-state index is 12.1. The summed E-state index contributed by atoms with van der Waals surface area (Å²) in [6.45, 7) is 1.61. The third-order valence-corrected chi connectivity index (χ3v) is 6.92. The Balaban J connectivity index is 1.51. The van der Waals surface area contributed by atoms with Crippen LogP contribution in [0.4, 0.5) is 0 Å². The SMILES string of the molecule is O=S(=O)(CCNS(=O)(=O)c1ccccc1)NCc1ccc2c(c1)CNC2. The molecule has 7 nitrogen and oxygen atoms in total. The Morgan fingerprint density at radius 1 is 0.885 bits per heavy atom. The lowest BCUT2D eigenvalue weighted by Gasteiger charge is -2.09. The van der Waals surface area contributed by atoms with Crippen LogP contribution in [0.1, 0.15) is 16.7 Å². The second-order valence-corrected chi connectivity index (χ2v) is 9.75. The van der Waals surface area contributed by atoms with Gasteiger partial charge in [0.2, 0.25) is 20.0 Å². The van der Waals surface area contributed by atoms with Gasteiger partial charge < -0.3 is 5.32 Å². The van der Waals surface area contributed by atoms with Crippen LogP contribution in [0.15, 0.2) is 53.4 Å². The highest BCUT2D eigenvalue weighted by molar-refractivity contribution is 7.90. The van der Waals surface area contributed by atoms with E-state index in [0.29, 0.717) is 0 Å². The number of hydrogen-bond acceptors (Lipinski definition) is 5. The standard InChI is InChI=1S/C17H21N3O4S2/c21-25(22,9-8-19-26(23,24)17-4-2-1-3-5-17)20-11-14-6-7-15-12-18-13-16(15)10-14/h1-7,10,18-20H,8-9,11-13H2. The zero-order valence-electron chi connectivity index (χ0n) is 14.1. The van der Waals surface area contributed by atoms with Gasteiger partial charge >= 0.3 is 0 Å². The minimum Gasteiger partial charge on any atom is -0.309 e. The van der Waals surface area contributed by atoms with Crippen LogP contribution in [0.5, 0.6) is 0 Å². The highest BCUT2D eigenvalue weighted by Crippen LogP contribution is 2.17. The summed E-state index contributed by atoms with van der Waals surface area (Å²) < 4.78 is 53.2. The van der Waals surface area contributed by atoms with Gasteiger partial charge in [-0.2, -0.15) is 0 Å². The number of benzene rings is 2. The predicted molar refractivity (Wildman–Crippen MR) is 99.2 cm³/mol. The molecule has 0 unspecified atom stereocenters. The number of rotatable bonds is 8. The molecule has 1 aliphatic heterocycles. The summed E-state index contributed by atoms with van der Waals surface area (Å²) in [6.07, 6.45) is 0. The number of sulfonamides is 2. The quantitative estimate of drug-likeness (QED) is 0.610. The monoisotopic (exact) mass is 395 g/mol. The number of fused-ring (bicyclic) bond motifs is 1. The van der Waals surface area contributed by atoms with Crippen molar-refractivity contribution in [3.63, 3.8) is 0 Å². The van der Waals surface area contributed by atoms with E-state index >= 15 is 0 Å². The van der Waals surface area contributed by atoms with Gasteiger partial charge in [-0.1, -0.05) is 36.4 Å². The molecule has 0 spiro atoms. The molecule has 0 saturated heterocycles. The molecule has 0 saturated carbocycles. The van der Waals surface area contributed by atoms with Gasteiger partial charge in [-0.3, -0.25) is 0 Å². The van der Waals surface area contributed by atoms with Crippen molar-refractivity contribution < 1.29 is 16.8 Å². The fourth-order valence-electron chi connectivity index (χ4n) is 2.72. The molecule has 0 amide bonds. The second-order valence-electron chi connectivity index (χ2n) is 6.06. The molecule has 0 bridgehead atoms. The van der Waals surface area contributed by atoms with Crippen molar-refractivity contribution in [3.8, 4) is 0 Å². The summed E-state index contributed by atoms with van der Waals surface area (Å²) in [4.78, 5) is 0.108. The van der Waals surface area contributed by atoms with Gasteiger partial charge in [0.15, 0.2) is 0 Å². The normalized spacial score (nSPS) is 14.3. The zero-order valence-corrected chi connectivity index (χ0v) is 15.7. The average Bonchev–Trinajstić information content (AvgIpc) is 3.08. The van der Waals surface area contributed by atoms with Gasteiger partial charge in [-0.05, 0) is 28.8 Å². The lowest BCUT2D eigenvalue weighted by molar-refractivity contribution is 0.575. The highest BCUT2D eigenvalue weighted by atomic mass is 32.2. The van der Waals surface area contributed by atoms with E-state index in [-0.39, 0.29) is 23.7 Å². The molecule has 3 rings (SSSR count). The summed E-state index contributed by atoms with van der Waals surface area (Å²) in [6, 6.07) is 13.7. The Hall–Kier alpha value is -1.78. The Morgan fingerprint density at radius 3 is 2.38 bits per heavy atom. The first-order valence-corrected chi connectivity index (χ1v) is 11.3. The molecule has 3 N–H and O–H groups in total. The minimum absolute atomic E-state index is 0.108. The lowest BCUT2D eigenvalue weighted by Crippen LogP contribution is -2.34. The van der Waals surface area contributed by atoms with E-state index in [1.807, 2.05) is 18.2 Å². The smallest absolute Gasteiger partial charge is 0.240 e. The minimum atomic E-state index is -3.71.